The van der Waals surface area contributed by atoms with E-state index >= 15 is 0 Å². The highest BCUT2D eigenvalue weighted by atomic mass is 31.2. The molecule has 0 unspecified atom stereocenters. The number of phosphoric acid groups is 1. The molecule has 0 aliphatic heterocycles. The number of hydrogen-bond donors (Lipinski definition) is 0. The van der Waals surface area contributed by atoms with Crippen molar-refractivity contribution in [3.63, 3.8) is 0 Å². The van der Waals surface area contributed by atoms with Crippen molar-refractivity contribution in [1.82, 2.24) is 15.0 Å². The van der Waals surface area contributed by atoms with Crippen molar-refractivity contribution in [2.45, 2.75) is 80.1 Å². The summed E-state index contributed by atoms with van der Waals surface area (Å²) in [4.78, 5) is 14.2. The van der Waals surface area contributed by atoms with E-state index in [4.69, 9.17) is 28.5 Å². The fraction of sp³-hybridized carbons (Fsp3) is 0.286. The summed E-state index contributed by atoms with van der Waals surface area (Å²) in [5.74, 6) is 0.577. The second-order valence-corrected chi connectivity index (χ2v) is 13.9. The lowest BCUT2D eigenvalue weighted by molar-refractivity contribution is 0.299. The Hall–Kier alpha value is -6.01. The first-order valence-corrected chi connectivity index (χ1v) is 19.4. The van der Waals surface area contributed by atoms with E-state index in [2.05, 4.69) is 18.2 Å². The predicted octanol–water partition coefficient (Wildman–Crippen LogP) is 9.97. The number of pyridine rings is 3. The standard InChI is InChI=1S/C42H39N6O4P/c1-7-28-31-19-25(13-16-40(31)46-37(10-4)34(28)22-43)50-53(49,51-26-14-17-41-32(20-26)29(8-2)35(23-44)38(11-5)47-41)52-27-15-18-42-33(21-27)30(9-3)36(24-45)39(12-6)48-42/h13-21H,7-12H2,1-6H3. The maximum Gasteiger partial charge on any atom is 0.647 e. The zero-order valence-electron chi connectivity index (χ0n) is 30.7. The molecule has 0 N–H and O–H groups in total. The minimum Gasteiger partial charge on any atom is -0.386 e. The first kappa shape index (κ1) is 36.8. The Morgan fingerprint density at radius 2 is 0.774 bits per heavy atom. The molecule has 0 saturated heterocycles. The van der Waals surface area contributed by atoms with Crippen LogP contribution in [0.1, 0.15) is 92.0 Å². The van der Waals surface area contributed by atoms with Gasteiger partial charge >= 0.3 is 7.82 Å². The third-order valence-electron chi connectivity index (χ3n) is 9.47. The van der Waals surface area contributed by atoms with Crippen molar-refractivity contribution < 1.29 is 18.1 Å². The van der Waals surface area contributed by atoms with E-state index in [1.165, 1.54) is 0 Å². The van der Waals surface area contributed by atoms with Crippen LogP contribution in [0.15, 0.2) is 54.6 Å². The van der Waals surface area contributed by atoms with Gasteiger partial charge in [-0.15, -0.1) is 0 Å². The van der Waals surface area contributed by atoms with Crippen molar-refractivity contribution in [1.29, 1.82) is 15.8 Å². The van der Waals surface area contributed by atoms with Crippen LogP contribution >= 0.6 is 7.82 Å². The molecule has 3 aromatic heterocycles. The molecule has 3 heterocycles. The summed E-state index contributed by atoms with van der Waals surface area (Å²) in [6.07, 6.45) is 3.55. The molecule has 11 heteroatoms. The topological polar surface area (TPSA) is 155 Å². The van der Waals surface area contributed by atoms with Gasteiger partial charge in [0, 0.05) is 16.2 Å². The molecule has 0 aliphatic carbocycles. The van der Waals surface area contributed by atoms with Gasteiger partial charge < -0.3 is 13.6 Å². The smallest absolute Gasteiger partial charge is 0.386 e. The lowest BCUT2D eigenvalue weighted by Crippen LogP contribution is -2.09. The Morgan fingerprint density at radius 3 is 1.00 bits per heavy atom. The van der Waals surface area contributed by atoms with Crippen LogP contribution in [-0.4, -0.2) is 15.0 Å². The van der Waals surface area contributed by atoms with Gasteiger partial charge in [-0.05, 0) is 110 Å². The van der Waals surface area contributed by atoms with Gasteiger partial charge in [0.25, 0.3) is 0 Å². The largest absolute Gasteiger partial charge is 0.647 e. The van der Waals surface area contributed by atoms with Gasteiger partial charge in [0.05, 0.1) is 50.3 Å². The predicted molar refractivity (Wildman–Crippen MR) is 205 cm³/mol. The molecule has 53 heavy (non-hydrogen) atoms. The Bertz CT molecular complexity index is 2320. The van der Waals surface area contributed by atoms with Crippen molar-refractivity contribution in [2.75, 3.05) is 0 Å². The Labute approximate surface area is 309 Å². The summed E-state index contributed by atoms with van der Waals surface area (Å²) in [6.45, 7) is 11.8. The number of fused-ring (bicyclic) bond motifs is 3. The van der Waals surface area contributed by atoms with Crippen LogP contribution in [0, 0.1) is 34.0 Å². The zero-order valence-corrected chi connectivity index (χ0v) is 31.6. The minimum absolute atomic E-state index is 0.192. The van der Waals surface area contributed by atoms with Gasteiger partial charge in [-0.2, -0.15) is 20.4 Å². The molecule has 0 fully saturated rings. The third-order valence-corrected chi connectivity index (χ3v) is 10.8. The van der Waals surface area contributed by atoms with Crippen LogP contribution in [0.2, 0.25) is 0 Å². The van der Waals surface area contributed by atoms with Crippen LogP contribution in [0.25, 0.3) is 32.7 Å². The number of hydrogen-bond acceptors (Lipinski definition) is 10. The molecule has 266 valence electrons. The highest BCUT2D eigenvalue weighted by Gasteiger charge is 2.34. The molecule has 0 bridgehead atoms. The summed E-state index contributed by atoms with van der Waals surface area (Å²) in [5.41, 5.74) is 8.23. The summed E-state index contributed by atoms with van der Waals surface area (Å²) >= 11 is 0. The number of nitriles is 3. The maximum atomic E-state index is 15.0. The molecule has 6 aromatic rings. The molecular weight excluding hydrogens is 683 g/mol. The first-order chi connectivity index (χ1) is 25.7. The average molecular weight is 723 g/mol. The molecule has 0 spiro atoms. The van der Waals surface area contributed by atoms with Crippen molar-refractivity contribution in [2.24, 2.45) is 0 Å². The number of nitrogens with zero attached hydrogens (tertiary/aromatic N) is 6. The minimum atomic E-state index is -4.55. The number of aryl methyl sites for hydroxylation is 6. The molecule has 10 nitrogen and oxygen atoms in total. The van der Waals surface area contributed by atoms with Crippen molar-refractivity contribution in [3.8, 4) is 35.5 Å². The fourth-order valence-corrected chi connectivity index (χ4v) is 8.20. The zero-order chi connectivity index (χ0) is 37.9. The van der Waals surface area contributed by atoms with Gasteiger partial charge in [-0.1, -0.05) is 41.5 Å². The van der Waals surface area contributed by atoms with Crippen molar-refractivity contribution in [3.05, 3.63) is 105 Å². The molecule has 0 amide bonds. The normalized spacial score (nSPS) is 11.3. The second kappa shape index (κ2) is 15.3. The van der Waals surface area contributed by atoms with E-state index in [0.29, 0.717) is 105 Å². The number of phosphoric ester groups is 1. The molecular formula is C42H39N6O4P. The lowest BCUT2D eigenvalue weighted by atomic mass is 9.98. The lowest BCUT2D eigenvalue weighted by Gasteiger charge is -2.21. The number of rotatable bonds is 12. The highest BCUT2D eigenvalue weighted by molar-refractivity contribution is 7.49. The third kappa shape index (κ3) is 6.85. The average Bonchev–Trinajstić information content (AvgIpc) is 3.18. The fourth-order valence-electron chi connectivity index (χ4n) is 6.97. The van der Waals surface area contributed by atoms with Crippen molar-refractivity contribution >= 4 is 40.5 Å². The van der Waals surface area contributed by atoms with Gasteiger partial charge in [0.2, 0.25) is 0 Å². The van der Waals surface area contributed by atoms with E-state index in [-0.39, 0.29) is 17.2 Å². The highest BCUT2D eigenvalue weighted by Crippen LogP contribution is 2.51. The van der Waals surface area contributed by atoms with Crippen LogP contribution in [0.5, 0.6) is 17.2 Å². The van der Waals surface area contributed by atoms with Crippen LogP contribution in [-0.2, 0) is 43.1 Å². The Morgan fingerprint density at radius 1 is 0.491 bits per heavy atom. The van der Waals surface area contributed by atoms with Crippen LogP contribution < -0.4 is 13.6 Å². The summed E-state index contributed by atoms with van der Waals surface area (Å²) in [5, 5.41) is 32.1. The monoisotopic (exact) mass is 722 g/mol. The van der Waals surface area contributed by atoms with Gasteiger partial charge in [0.1, 0.15) is 35.5 Å². The van der Waals surface area contributed by atoms with Gasteiger partial charge in [-0.3, -0.25) is 15.0 Å². The quantitative estimate of drug-likeness (QED) is 0.111. The van der Waals surface area contributed by atoms with Crippen LogP contribution in [0.3, 0.4) is 0 Å². The van der Waals surface area contributed by atoms with E-state index < -0.39 is 7.82 Å². The Balaban J connectivity index is 1.50. The molecule has 3 aromatic carbocycles. The summed E-state index contributed by atoms with van der Waals surface area (Å²) in [6, 6.07) is 22.3. The summed E-state index contributed by atoms with van der Waals surface area (Å²) in [7, 11) is -4.55. The maximum absolute atomic E-state index is 15.0. The summed E-state index contributed by atoms with van der Waals surface area (Å²) < 4.78 is 33.6. The molecule has 6 rings (SSSR count). The first-order valence-electron chi connectivity index (χ1n) is 17.9. The second-order valence-electron chi connectivity index (χ2n) is 12.5. The van der Waals surface area contributed by atoms with E-state index in [1.54, 1.807) is 54.6 Å². The number of aromatic nitrogens is 3. The molecule has 0 radical (unpaired) electrons. The van der Waals surface area contributed by atoms with E-state index in [9.17, 15) is 20.4 Å². The van der Waals surface area contributed by atoms with Gasteiger partial charge in [0.15, 0.2) is 0 Å². The van der Waals surface area contributed by atoms with E-state index in [1.807, 2.05) is 41.5 Å². The Kier molecular flexibility index (Phi) is 10.6. The van der Waals surface area contributed by atoms with E-state index in [0.717, 1.165) is 16.7 Å². The molecule has 0 aliphatic rings. The SMILES string of the molecule is CCc1nc2ccc(OP(=O)(Oc3ccc4nc(CC)c(C#N)c(CC)c4c3)Oc3ccc4nc(CC)c(C#N)c(CC)c4c3)cc2c(CC)c1C#N. The van der Waals surface area contributed by atoms with Crippen LogP contribution in [0.4, 0.5) is 0 Å². The number of benzene rings is 3. The van der Waals surface area contributed by atoms with Gasteiger partial charge in [-0.25, -0.2) is 0 Å². The molecule has 0 saturated carbocycles. The molecule has 0 atom stereocenters.